The highest BCUT2D eigenvalue weighted by molar-refractivity contribution is 7.99. The van der Waals surface area contributed by atoms with Gasteiger partial charge >= 0.3 is 0 Å². The number of hydrogen-bond acceptors (Lipinski definition) is 10. The minimum absolute atomic E-state index is 0.164. The predicted molar refractivity (Wildman–Crippen MR) is 109 cm³/mol. The number of β-amino-alcohol motifs (C(OH)–C–C–N with tert-alkyl or cyclic N) is 1. The number of aliphatic hydroxyl groups excluding tert-OH is 1. The van der Waals surface area contributed by atoms with Crippen LogP contribution in [-0.4, -0.2) is 93.2 Å². The maximum absolute atomic E-state index is 10.0. The Kier molecular flexibility index (Phi) is 5.25. The summed E-state index contributed by atoms with van der Waals surface area (Å²) < 4.78 is 4.86. The molecule has 0 aromatic carbocycles. The molecule has 0 spiro atoms. The van der Waals surface area contributed by atoms with E-state index in [1.807, 2.05) is 11.8 Å². The molecule has 152 valence electrons. The van der Waals surface area contributed by atoms with Crippen molar-refractivity contribution in [3.63, 3.8) is 0 Å². The van der Waals surface area contributed by atoms with Gasteiger partial charge in [-0.15, -0.1) is 0 Å². The van der Waals surface area contributed by atoms with Crippen molar-refractivity contribution < 1.29 is 9.74 Å². The molecule has 3 fully saturated rings. The summed E-state index contributed by atoms with van der Waals surface area (Å²) in [5.74, 6) is 4.04. The maximum Gasteiger partial charge on any atom is 0.245 e. The van der Waals surface area contributed by atoms with Crippen LogP contribution in [0.3, 0.4) is 0 Å². The standard InChI is InChI=1S/C18H27N7O2S/c26-14-2-1-5-25(12-14)13-3-6-23(7-4-13)17-18(24-8-10-28-11-9-24)20-16-15(19-17)21-27-22-16/h13-14,26H,1-12H2/t14-/m1/s1. The summed E-state index contributed by atoms with van der Waals surface area (Å²) in [6.45, 7) is 5.76. The van der Waals surface area contributed by atoms with Crippen LogP contribution in [0.5, 0.6) is 0 Å². The van der Waals surface area contributed by atoms with Crippen molar-refractivity contribution in [1.29, 1.82) is 0 Å². The summed E-state index contributed by atoms with van der Waals surface area (Å²) in [5, 5.41) is 17.8. The highest BCUT2D eigenvalue weighted by Crippen LogP contribution is 2.32. The van der Waals surface area contributed by atoms with E-state index in [0.717, 1.165) is 88.1 Å². The minimum atomic E-state index is -0.164. The second-order valence-electron chi connectivity index (χ2n) is 7.89. The summed E-state index contributed by atoms with van der Waals surface area (Å²) in [5.41, 5.74) is 0.959. The zero-order valence-electron chi connectivity index (χ0n) is 16.0. The van der Waals surface area contributed by atoms with E-state index in [1.54, 1.807) is 0 Å². The van der Waals surface area contributed by atoms with Crippen molar-refractivity contribution in [3.8, 4) is 0 Å². The first kappa shape index (κ1) is 18.4. The van der Waals surface area contributed by atoms with Crippen molar-refractivity contribution in [1.82, 2.24) is 25.2 Å². The molecule has 0 radical (unpaired) electrons. The average molecular weight is 406 g/mol. The first-order valence-corrected chi connectivity index (χ1v) is 11.4. The normalized spacial score (nSPS) is 25.5. The number of aromatic nitrogens is 4. The van der Waals surface area contributed by atoms with Crippen LogP contribution in [-0.2, 0) is 0 Å². The van der Waals surface area contributed by atoms with E-state index in [4.69, 9.17) is 14.6 Å². The van der Waals surface area contributed by atoms with Gasteiger partial charge in [-0.25, -0.2) is 14.6 Å². The van der Waals surface area contributed by atoms with Gasteiger partial charge in [-0.2, -0.15) is 11.8 Å². The van der Waals surface area contributed by atoms with Crippen molar-refractivity contribution in [2.45, 2.75) is 37.8 Å². The Bertz CT molecular complexity index is 804. The highest BCUT2D eigenvalue weighted by atomic mass is 32.2. The Morgan fingerprint density at radius 1 is 0.857 bits per heavy atom. The Hall–Kier alpha value is -1.65. The molecule has 1 atom stereocenters. The van der Waals surface area contributed by atoms with Crippen LogP contribution in [0.2, 0.25) is 0 Å². The fourth-order valence-corrected chi connectivity index (χ4v) is 5.48. The molecular formula is C18H27N7O2S. The molecule has 3 aliphatic rings. The molecule has 5 rings (SSSR count). The number of fused-ring (bicyclic) bond motifs is 1. The molecule has 0 aliphatic carbocycles. The van der Waals surface area contributed by atoms with Crippen LogP contribution in [0.15, 0.2) is 4.63 Å². The smallest absolute Gasteiger partial charge is 0.245 e. The third kappa shape index (κ3) is 3.65. The van der Waals surface area contributed by atoms with E-state index in [-0.39, 0.29) is 6.10 Å². The van der Waals surface area contributed by atoms with Gasteiger partial charge in [0.2, 0.25) is 11.3 Å². The molecule has 2 aromatic rings. The molecule has 9 nitrogen and oxygen atoms in total. The lowest BCUT2D eigenvalue weighted by Gasteiger charge is -2.42. The van der Waals surface area contributed by atoms with Gasteiger partial charge in [0, 0.05) is 50.3 Å². The quantitative estimate of drug-likeness (QED) is 0.796. The van der Waals surface area contributed by atoms with Crippen LogP contribution in [0.25, 0.3) is 11.3 Å². The summed E-state index contributed by atoms with van der Waals surface area (Å²) in [7, 11) is 0. The highest BCUT2D eigenvalue weighted by Gasteiger charge is 2.31. The number of rotatable bonds is 3. The molecule has 0 amide bonds. The van der Waals surface area contributed by atoms with Gasteiger partial charge in [-0.1, -0.05) is 0 Å². The molecule has 0 saturated carbocycles. The Labute approximate surface area is 168 Å². The molecule has 28 heavy (non-hydrogen) atoms. The van der Waals surface area contributed by atoms with Gasteiger partial charge in [0.05, 0.1) is 6.10 Å². The molecule has 1 N–H and O–H groups in total. The molecule has 5 heterocycles. The molecule has 0 unspecified atom stereocenters. The topological polar surface area (TPSA) is 94.6 Å². The SMILES string of the molecule is O[C@@H]1CCCN(C2CCN(c3nc4nonc4nc3N3CCSCC3)CC2)C1. The van der Waals surface area contributed by atoms with Crippen LogP contribution in [0, 0.1) is 0 Å². The van der Waals surface area contributed by atoms with Gasteiger partial charge in [0.25, 0.3) is 0 Å². The summed E-state index contributed by atoms with van der Waals surface area (Å²) in [6.07, 6.45) is 4.04. The predicted octanol–water partition coefficient (Wildman–Crippen LogP) is 0.991. The van der Waals surface area contributed by atoms with E-state index in [9.17, 15) is 5.11 Å². The molecule has 0 bridgehead atoms. The lowest BCUT2D eigenvalue weighted by molar-refractivity contribution is 0.0398. The first-order valence-electron chi connectivity index (χ1n) is 10.3. The maximum atomic E-state index is 10.0. The molecule has 3 aliphatic heterocycles. The third-order valence-corrected chi connectivity index (χ3v) is 7.04. The number of aliphatic hydroxyl groups is 1. The molecular weight excluding hydrogens is 378 g/mol. The Morgan fingerprint density at radius 2 is 1.50 bits per heavy atom. The zero-order valence-corrected chi connectivity index (χ0v) is 16.9. The molecule has 2 aromatic heterocycles. The van der Waals surface area contributed by atoms with Crippen LogP contribution >= 0.6 is 11.8 Å². The monoisotopic (exact) mass is 405 g/mol. The molecule has 3 saturated heterocycles. The summed E-state index contributed by atoms with van der Waals surface area (Å²) in [4.78, 5) is 16.7. The van der Waals surface area contributed by atoms with Crippen molar-refractivity contribution >= 4 is 34.7 Å². The first-order chi connectivity index (χ1) is 13.8. The van der Waals surface area contributed by atoms with Gasteiger partial charge in [0.15, 0.2) is 11.6 Å². The second-order valence-corrected chi connectivity index (χ2v) is 9.12. The number of anilines is 2. The fraction of sp³-hybridized carbons (Fsp3) is 0.778. The van der Waals surface area contributed by atoms with E-state index in [1.165, 1.54) is 0 Å². The Balaban J connectivity index is 1.35. The Morgan fingerprint density at radius 3 is 2.14 bits per heavy atom. The van der Waals surface area contributed by atoms with Crippen molar-refractivity contribution in [2.24, 2.45) is 0 Å². The van der Waals surface area contributed by atoms with Crippen LogP contribution in [0.1, 0.15) is 25.7 Å². The number of nitrogens with zero attached hydrogens (tertiary/aromatic N) is 7. The number of thioether (sulfide) groups is 1. The fourth-order valence-electron chi connectivity index (χ4n) is 4.58. The molecule has 10 heteroatoms. The lowest BCUT2D eigenvalue weighted by atomic mass is 9.99. The zero-order chi connectivity index (χ0) is 18.9. The second kappa shape index (κ2) is 8.00. The van der Waals surface area contributed by atoms with E-state index < -0.39 is 0 Å². The van der Waals surface area contributed by atoms with E-state index in [2.05, 4.69) is 25.0 Å². The van der Waals surface area contributed by atoms with Gasteiger partial charge in [0.1, 0.15) is 0 Å². The number of piperidine rings is 2. The van der Waals surface area contributed by atoms with Crippen molar-refractivity contribution in [3.05, 3.63) is 0 Å². The number of likely N-dealkylation sites (tertiary alicyclic amines) is 1. The van der Waals surface area contributed by atoms with Gasteiger partial charge in [-0.3, -0.25) is 4.90 Å². The average Bonchev–Trinajstić information content (AvgIpc) is 3.21. The third-order valence-electron chi connectivity index (χ3n) is 6.10. The van der Waals surface area contributed by atoms with Gasteiger partial charge in [-0.05, 0) is 42.5 Å². The summed E-state index contributed by atoms with van der Waals surface area (Å²) >= 11 is 1.98. The largest absolute Gasteiger partial charge is 0.392 e. The van der Waals surface area contributed by atoms with E-state index >= 15 is 0 Å². The minimum Gasteiger partial charge on any atom is -0.392 e. The van der Waals surface area contributed by atoms with Crippen LogP contribution < -0.4 is 9.80 Å². The van der Waals surface area contributed by atoms with Gasteiger partial charge < -0.3 is 14.9 Å². The number of hydrogen-bond donors (Lipinski definition) is 1. The lowest BCUT2D eigenvalue weighted by Crippen LogP contribution is -2.50. The summed E-state index contributed by atoms with van der Waals surface area (Å²) in [6, 6.07) is 0.548. The van der Waals surface area contributed by atoms with Crippen molar-refractivity contribution in [2.75, 3.05) is 60.6 Å². The van der Waals surface area contributed by atoms with E-state index in [0.29, 0.717) is 17.3 Å². The van der Waals surface area contributed by atoms with Crippen LogP contribution in [0.4, 0.5) is 11.6 Å².